The van der Waals surface area contributed by atoms with Crippen molar-refractivity contribution in [2.45, 2.75) is 32.3 Å². The molecule has 2 nitrogen and oxygen atoms in total. The molecule has 19 heavy (non-hydrogen) atoms. The van der Waals surface area contributed by atoms with Crippen molar-refractivity contribution in [2.24, 2.45) is 5.92 Å². The van der Waals surface area contributed by atoms with Crippen LogP contribution < -0.4 is 0 Å². The van der Waals surface area contributed by atoms with E-state index in [0.717, 1.165) is 37.5 Å². The van der Waals surface area contributed by atoms with Crippen LogP contribution in [0.1, 0.15) is 37.9 Å². The van der Waals surface area contributed by atoms with Crippen LogP contribution in [0.5, 0.6) is 0 Å². The molecule has 1 N–H and O–H groups in total. The molecule has 1 aromatic rings. The van der Waals surface area contributed by atoms with E-state index >= 15 is 0 Å². The summed E-state index contributed by atoms with van der Waals surface area (Å²) in [6.07, 6.45) is 2.81. The third-order valence-corrected chi connectivity index (χ3v) is 4.66. The van der Waals surface area contributed by atoms with Crippen LogP contribution in [0.15, 0.2) is 18.2 Å². The maximum atomic E-state index is 10.2. The van der Waals surface area contributed by atoms with E-state index in [4.69, 9.17) is 23.2 Å². The number of halogens is 2. The minimum atomic E-state index is -0.464. The van der Waals surface area contributed by atoms with E-state index in [-0.39, 0.29) is 0 Å². The Bertz CT molecular complexity index is 417. The highest BCUT2D eigenvalue weighted by Gasteiger charge is 2.17. The molecule has 0 saturated carbocycles. The second kappa shape index (κ2) is 6.94. The molecule has 1 aliphatic rings. The van der Waals surface area contributed by atoms with E-state index in [1.54, 1.807) is 12.1 Å². The molecule has 1 saturated heterocycles. The van der Waals surface area contributed by atoms with E-state index in [9.17, 15) is 5.11 Å². The van der Waals surface area contributed by atoms with Gasteiger partial charge in [0.25, 0.3) is 0 Å². The minimum Gasteiger partial charge on any atom is -0.388 e. The second-order valence-corrected chi connectivity index (χ2v) is 6.32. The molecular weight excluding hydrogens is 281 g/mol. The topological polar surface area (TPSA) is 23.5 Å². The summed E-state index contributed by atoms with van der Waals surface area (Å²) in [5, 5.41) is 11.2. The monoisotopic (exact) mass is 301 g/mol. The maximum absolute atomic E-state index is 10.2. The first-order valence-electron chi connectivity index (χ1n) is 6.91. The molecule has 0 aliphatic carbocycles. The maximum Gasteiger partial charge on any atom is 0.0802 e. The predicted octanol–water partition coefficient (Wildman–Crippen LogP) is 4.15. The Morgan fingerprint density at radius 2 is 1.95 bits per heavy atom. The Balaban J connectivity index is 1.83. The summed E-state index contributed by atoms with van der Waals surface area (Å²) in [5.74, 6) is 0.844. The Hall–Kier alpha value is -0.280. The van der Waals surface area contributed by atoms with Crippen molar-refractivity contribution in [3.63, 3.8) is 0 Å². The first kappa shape index (κ1) is 15.1. The van der Waals surface area contributed by atoms with Crippen LogP contribution in [-0.2, 0) is 0 Å². The van der Waals surface area contributed by atoms with Crippen LogP contribution in [0.3, 0.4) is 0 Å². The molecule has 0 bridgehead atoms. The highest BCUT2D eigenvalue weighted by Crippen LogP contribution is 2.27. The zero-order valence-electron chi connectivity index (χ0n) is 11.3. The summed E-state index contributed by atoms with van der Waals surface area (Å²) in [6, 6.07) is 5.34. The van der Waals surface area contributed by atoms with Crippen LogP contribution in [0.2, 0.25) is 10.0 Å². The molecule has 1 aromatic carbocycles. The fourth-order valence-electron chi connectivity index (χ4n) is 2.48. The van der Waals surface area contributed by atoms with Crippen LogP contribution in [0.25, 0.3) is 0 Å². The van der Waals surface area contributed by atoms with Gasteiger partial charge in [0.2, 0.25) is 0 Å². The molecule has 1 unspecified atom stereocenters. The van der Waals surface area contributed by atoms with Gasteiger partial charge in [-0.15, -0.1) is 0 Å². The SMILES string of the molecule is CC1CCN(CCC(O)c2ccc(Cl)c(Cl)c2)CC1. The number of aliphatic hydroxyl groups excluding tert-OH is 1. The summed E-state index contributed by atoms with van der Waals surface area (Å²) in [5.41, 5.74) is 0.847. The number of piperidine rings is 1. The largest absolute Gasteiger partial charge is 0.388 e. The van der Waals surface area contributed by atoms with Crippen LogP contribution in [0, 0.1) is 5.92 Å². The van der Waals surface area contributed by atoms with Crippen molar-refractivity contribution in [2.75, 3.05) is 19.6 Å². The number of likely N-dealkylation sites (tertiary alicyclic amines) is 1. The summed E-state index contributed by atoms with van der Waals surface area (Å²) < 4.78 is 0. The van der Waals surface area contributed by atoms with Crippen molar-refractivity contribution >= 4 is 23.2 Å². The molecule has 106 valence electrons. The highest BCUT2D eigenvalue weighted by atomic mass is 35.5. The molecule has 1 heterocycles. The lowest BCUT2D eigenvalue weighted by molar-refractivity contribution is 0.125. The average Bonchev–Trinajstić information content (AvgIpc) is 2.41. The molecule has 1 fully saturated rings. The molecule has 1 aliphatic heterocycles. The van der Waals surface area contributed by atoms with Gasteiger partial charge in [-0.05, 0) is 56.0 Å². The number of nitrogens with zero attached hydrogens (tertiary/aromatic N) is 1. The zero-order chi connectivity index (χ0) is 13.8. The number of aliphatic hydroxyl groups is 1. The Morgan fingerprint density at radius 1 is 1.26 bits per heavy atom. The van der Waals surface area contributed by atoms with Crippen molar-refractivity contribution < 1.29 is 5.11 Å². The quantitative estimate of drug-likeness (QED) is 0.903. The normalized spacial score (nSPS) is 19.6. The number of rotatable bonds is 4. The minimum absolute atomic E-state index is 0.464. The summed E-state index contributed by atoms with van der Waals surface area (Å²) in [7, 11) is 0. The lowest BCUT2D eigenvalue weighted by atomic mass is 9.98. The van der Waals surface area contributed by atoms with Crippen molar-refractivity contribution in [1.29, 1.82) is 0 Å². The van der Waals surface area contributed by atoms with E-state index in [2.05, 4.69) is 11.8 Å². The van der Waals surface area contributed by atoms with Gasteiger partial charge in [0.1, 0.15) is 0 Å². The van der Waals surface area contributed by atoms with Crippen molar-refractivity contribution in [1.82, 2.24) is 4.90 Å². The van der Waals surface area contributed by atoms with Gasteiger partial charge in [-0.25, -0.2) is 0 Å². The van der Waals surface area contributed by atoms with Gasteiger partial charge < -0.3 is 10.0 Å². The highest BCUT2D eigenvalue weighted by molar-refractivity contribution is 6.42. The third kappa shape index (κ3) is 4.35. The lowest BCUT2D eigenvalue weighted by Gasteiger charge is -2.30. The van der Waals surface area contributed by atoms with Crippen LogP contribution >= 0.6 is 23.2 Å². The molecular formula is C15H21Cl2NO. The third-order valence-electron chi connectivity index (χ3n) is 3.92. The van der Waals surface area contributed by atoms with Crippen LogP contribution in [0.4, 0.5) is 0 Å². The van der Waals surface area contributed by atoms with Gasteiger partial charge in [-0.2, -0.15) is 0 Å². The smallest absolute Gasteiger partial charge is 0.0802 e. The zero-order valence-corrected chi connectivity index (χ0v) is 12.8. The first-order chi connectivity index (χ1) is 9.06. The average molecular weight is 302 g/mol. The molecule has 1 atom stereocenters. The second-order valence-electron chi connectivity index (χ2n) is 5.50. The summed E-state index contributed by atoms with van der Waals surface area (Å²) in [6.45, 7) is 5.54. The van der Waals surface area contributed by atoms with Gasteiger partial charge in [0, 0.05) is 6.54 Å². The van der Waals surface area contributed by atoms with Crippen molar-refractivity contribution in [3.05, 3.63) is 33.8 Å². The van der Waals surface area contributed by atoms with E-state index in [1.807, 2.05) is 6.07 Å². The number of hydrogen-bond acceptors (Lipinski definition) is 2. The Kier molecular flexibility index (Phi) is 5.52. The number of hydrogen-bond donors (Lipinski definition) is 1. The Labute approximate surface area is 125 Å². The first-order valence-corrected chi connectivity index (χ1v) is 7.67. The van der Waals surface area contributed by atoms with Gasteiger partial charge >= 0.3 is 0 Å². The van der Waals surface area contributed by atoms with E-state index in [1.165, 1.54) is 12.8 Å². The molecule has 2 rings (SSSR count). The van der Waals surface area contributed by atoms with Gasteiger partial charge in [0.15, 0.2) is 0 Å². The molecule has 0 aromatic heterocycles. The molecule has 0 amide bonds. The summed E-state index contributed by atoms with van der Waals surface area (Å²) >= 11 is 11.8. The fraction of sp³-hybridized carbons (Fsp3) is 0.600. The van der Waals surface area contributed by atoms with E-state index in [0.29, 0.717) is 10.0 Å². The van der Waals surface area contributed by atoms with Gasteiger partial charge in [-0.1, -0.05) is 36.2 Å². The standard InChI is InChI=1S/C15H21Cl2NO/c1-11-4-7-18(8-5-11)9-6-15(19)12-2-3-13(16)14(17)10-12/h2-3,10-11,15,19H,4-9H2,1H3. The van der Waals surface area contributed by atoms with Crippen molar-refractivity contribution in [3.8, 4) is 0 Å². The van der Waals surface area contributed by atoms with Gasteiger partial charge in [0.05, 0.1) is 16.1 Å². The predicted molar refractivity (Wildman–Crippen MR) is 80.9 cm³/mol. The van der Waals surface area contributed by atoms with E-state index < -0.39 is 6.10 Å². The molecule has 0 radical (unpaired) electrons. The number of benzene rings is 1. The fourth-order valence-corrected chi connectivity index (χ4v) is 2.78. The molecule has 0 spiro atoms. The Morgan fingerprint density at radius 3 is 2.58 bits per heavy atom. The molecule has 4 heteroatoms. The lowest BCUT2D eigenvalue weighted by Crippen LogP contribution is -2.34. The summed E-state index contributed by atoms with van der Waals surface area (Å²) in [4.78, 5) is 2.43. The van der Waals surface area contributed by atoms with Gasteiger partial charge in [-0.3, -0.25) is 0 Å². The van der Waals surface area contributed by atoms with Crippen LogP contribution in [-0.4, -0.2) is 29.6 Å².